The number of hydrogen-bond donors (Lipinski definition) is 1. The number of aryl methyl sites for hydroxylation is 2. The van der Waals surface area contributed by atoms with Gasteiger partial charge < -0.3 is 32.8 Å². The maximum atomic E-state index is 12.9. The molecule has 0 radical (unpaired) electrons. The molecule has 0 aliphatic carbocycles. The third kappa shape index (κ3) is 12.1. The molecule has 2 atom stereocenters. The van der Waals surface area contributed by atoms with E-state index in [1.807, 2.05) is 84.8 Å². The molecule has 0 aliphatic rings. The fraction of sp³-hybridized carbons (Fsp3) is 0.351. The Morgan fingerprint density at radius 3 is 1.73 bits per heavy atom. The van der Waals surface area contributed by atoms with Gasteiger partial charge in [0.1, 0.15) is 7.03 Å². The van der Waals surface area contributed by atoms with E-state index in [2.05, 4.69) is 24.7 Å². The van der Waals surface area contributed by atoms with E-state index in [9.17, 15) is 17.2 Å². The predicted octanol–water partition coefficient (Wildman–Crippen LogP) is 7.04. The summed E-state index contributed by atoms with van der Waals surface area (Å²) in [5.74, 6) is 2.35. The van der Waals surface area contributed by atoms with Gasteiger partial charge in [-0.2, -0.15) is 8.78 Å². The maximum Gasteiger partial charge on any atom is 0.345 e. The van der Waals surface area contributed by atoms with Crippen molar-refractivity contribution in [3.63, 3.8) is 0 Å². The number of imidazole rings is 2. The fourth-order valence-corrected chi connectivity index (χ4v) is 7.69. The average molecular weight is 836 g/mol. The molecule has 0 saturated heterocycles. The fourth-order valence-electron chi connectivity index (χ4n) is 5.23. The number of methoxy groups -OCH3 is 4. The zero-order valence-electron chi connectivity index (χ0n) is 33.1. The van der Waals surface area contributed by atoms with Crippen molar-refractivity contribution >= 4 is 52.6 Å². The van der Waals surface area contributed by atoms with Crippen LogP contribution in [0.5, 0.6) is 17.2 Å². The predicted molar refractivity (Wildman–Crippen MR) is 214 cm³/mol. The molecule has 6 aromatic rings. The van der Waals surface area contributed by atoms with E-state index in [0.717, 1.165) is 52.6 Å². The molecule has 56 heavy (non-hydrogen) atoms. The summed E-state index contributed by atoms with van der Waals surface area (Å²) in [6.07, 6.45) is 4.13. The minimum atomic E-state index is -2.62. The summed E-state index contributed by atoms with van der Waals surface area (Å²) in [7, 11) is 6.75. The lowest BCUT2D eigenvalue weighted by atomic mass is 10.2. The molecule has 0 spiro atoms. The monoisotopic (exact) mass is 835 g/mol. The van der Waals surface area contributed by atoms with E-state index >= 15 is 0 Å². The zero-order valence-corrected chi connectivity index (χ0v) is 34.6. The summed E-state index contributed by atoms with van der Waals surface area (Å²) in [6.45, 7) is 0.565. The van der Waals surface area contributed by atoms with Crippen molar-refractivity contribution < 1.29 is 40.9 Å². The van der Waals surface area contributed by atoms with Gasteiger partial charge >= 0.3 is 6.61 Å². The first-order chi connectivity index (χ1) is 27.4. The normalized spacial score (nSPS) is 12.1. The lowest BCUT2D eigenvalue weighted by Gasteiger charge is -2.12. The van der Waals surface area contributed by atoms with Gasteiger partial charge in [0.25, 0.3) is 0 Å². The van der Waals surface area contributed by atoms with Crippen LogP contribution in [0.2, 0.25) is 0 Å². The van der Waals surface area contributed by atoms with Crippen LogP contribution in [-0.2, 0) is 56.7 Å². The van der Waals surface area contributed by atoms with Gasteiger partial charge in [-0.25, -0.2) is 9.97 Å². The Labute approximate surface area is 332 Å². The largest absolute Gasteiger partial charge is 0.493 e. The smallest absolute Gasteiger partial charge is 0.345 e. The Bertz CT molecular complexity index is 2250. The second-order valence-electron chi connectivity index (χ2n) is 11.4. The standard InChI is InChI=1S/C19H23N3O3S.C16H17N3O3S.C2H4F2O.H2NP/c1-14-16(20-10-9-18(14)25-12-6-11-24-3)13-26(23)19-21-15-7-4-5-8-17(15)22(19)2;1-19-13-7-5-4-6-11(13)18-16(19)23(20)10-12-15(22-3)14(21-2)8-9-17-12;1-5-2(3)4;1-2/h4-5,7-10H,6,11-13H2,1-3H3;4-9H,10H2,1-3H3;2H,1H3;1-2H/i;;;2T. The van der Waals surface area contributed by atoms with Crippen LogP contribution in [0.1, 0.15) is 23.4 Å². The first kappa shape index (κ1) is 44.0. The average Bonchev–Trinajstić information content (AvgIpc) is 3.74. The number of pyridine rings is 2. The number of benzene rings is 2. The number of alkyl halides is 2. The van der Waals surface area contributed by atoms with Crippen LogP contribution in [0.25, 0.3) is 22.1 Å². The van der Waals surface area contributed by atoms with Crippen molar-refractivity contribution in [2.24, 2.45) is 14.1 Å². The van der Waals surface area contributed by atoms with Crippen LogP contribution in [0, 0.1) is 12.1 Å². The van der Waals surface area contributed by atoms with Gasteiger partial charge in [-0.05, 0) is 46.2 Å². The summed E-state index contributed by atoms with van der Waals surface area (Å²) in [4.78, 5) is 17.7. The molecule has 6 rings (SSSR count). The Hall–Kier alpha value is -4.74. The number of nitrogens with one attached hydrogen (secondary N) is 1. The molecule has 0 aliphatic heterocycles. The maximum absolute atomic E-state index is 12.9. The van der Waals surface area contributed by atoms with Gasteiger partial charge in [0, 0.05) is 65.4 Å². The van der Waals surface area contributed by atoms with Crippen LogP contribution < -0.4 is 14.2 Å². The molecular weight excluding hydrogens is 788 g/mol. The van der Waals surface area contributed by atoms with Crippen molar-refractivity contribution in [3.05, 3.63) is 90.0 Å². The van der Waals surface area contributed by atoms with Gasteiger partial charge in [0.15, 0.2) is 21.8 Å². The molecule has 1 N–H and O–H groups in total. The molecule has 0 fully saturated rings. The minimum Gasteiger partial charge on any atom is -0.493 e. The molecular formula is C37H46F2N7O7PS2. The van der Waals surface area contributed by atoms with E-state index in [0.29, 0.717) is 46.5 Å². The topological polar surface area (TPSA) is 166 Å². The number of rotatable bonds is 14. The van der Waals surface area contributed by atoms with Gasteiger partial charge in [-0.3, -0.25) is 23.5 Å². The lowest BCUT2D eigenvalue weighted by Crippen LogP contribution is -2.08. The quantitative estimate of drug-likeness (QED) is 0.0884. The van der Waals surface area contributed by atoms with Crippen molar-refractivity contribution in [1.29, 1.82) is 6.44 Å². The summed E-state index contributed by atoms with van der Waals surface area (Å²) < 4.78 is 81.2. The van der Waals surface area contributed by atoms with Crippen LogP contribution in [-0.4, -0.2) is 87.0 Å². The van der Waals surface area contributed by atoms with E-state index in [-0.39, 0.29) is 14.7 Å². The number of fused-ring (bicyclic) bond motifs is 2. The molecule has 0 saturated carbocycles. The lowest BCUT2D eigenvalue weighted by molar-refractivity contribution is -0.105. The highest BCUT2D eigenvalue weighted by molar-refractivity contribution is 7.84. The Kier molecular flexibility index (Phi) is 18.3. The highest BCUT2D eigenvalue weighted by Crippen LogP contribution is 2.31. The summed E-state index contributed by atoms with van der Waals surface area (Å²) >= 11 is 0. The van der Waals surface area contributed by atoms with E-state index in [1.54, 1.807) is 39.8 Å². The number of ether oxygens (including phenoxy) is 5. The number of aromatic nitrogens is 6. The third-order valence-corrected chi connectivity index (χ3v) is 10.6. The zero-order chi connectivity index (χ0) is 41.9. The second kappa shape index (κ2) is 23.4. The molecule has 14 nitrogen and oxygen atoms in total. The highest BCUT2D eigenvalue weighted by atomic mass is 32.2. The number of halogens is 2. The molecule has 19 heteroatoms. The van der Waals surface area contributed by atoms with E-state index in [1.165, 1.54) is 0 Å². The molecule has 302 valence electrons. The molecule has 2 aromatic carbocycles. The van der Waals surface area contributed by atoms with Crippen LogP contribution in [0.15, 0.2) is 83.4 Å². The molecule has 4 aromatic heterocycles. The minimum absolute atomic E-state index is 0.0833. The Balaban J connectivity index is 0.000000258. The summed E-state index contributed by atoms with van der Waals surface area (Å²) in [6, 6.07) is 19.0. The van der Waals surface area contributed by atoms with Gasteiger partial charge in [-0.15, -0.1) is 0 Å². The highest BCUT2D eigenvalue weighted by Gasteiger charge is 2.20. The summed E-state index contributed by atoms with van der Waals surface area (Å²) in [5, 5.41) is 6.91. The third-order valence-electron chi connectivity index (χ3n) is 7.99. The van der Waals surface area contributed by atoms with Crippen LogP contribution in [0.4, 0.5) is 8.78 Å². The molecule has 0 bridgehead atoms. The second-order valence-corrected chi connectivity index (χ2v) is 14.1. The Morgan fingerprint density at radius 1 is 0.786 bits per heavy atom. The SMILES string of the molecule is COC(F)F.COCCCOc1ccnc(CS(=O)c2nc3ccccc3n2C)c1C.COc1ccnc(CS(=O)c2nc3ccccc3n2C)c1OC.[3H]P=N. The number of para-hydroxylation sites is 4. The molecule has 4 heterocycles. The van der Waals surface area contributed by atoms with Crippen molar-refractivity contribution in [1.82, 2.24) is 29.1 Å². The van der Waals surface area contributed by atoms with Crippen LogP contribution in [0.3, 0.4) is 0 Å². The number of hydrogen-bond acceptors (Lipinski definition) is 12. The molecule has 0 amide bonds. The van der Waals surface area contributed by atoms with Gasteiger partial charge in [-0.1, -0.05) is 24.3 Å². The first-order valence-corrected chi connectivity index (χ1v) is 19.9. The van der Waals surface area contributed by atoms with Gasteiger partial charge in [0.2, 0.25) is 0 Å². The first-order valence-electron chi connectivity index (χ1n) is 17.2. The van der Waals surface area contributed by atoms with Crippen molar-refractivity contribution in [3.8, 4) is 17.2 Å². The summed E-state index contributed by atoms with van der Waals surface area (Å²) in [5.41, 5.74) is 5.84. The van der Waals surface area contributed by atoms with E-state index < -0.39 is 28.2 Å². The van der Waals surface area contributed by atoms with Gasteiger partial charge in [0.05, 0.1) is 87.4 Å². The Morgan fingerprint density at radius 2 is 1.27 bits per heavy atom. The van der Waals surface area contributed by atoms with Crippen molar-refractivity contribution in [2.45, 2.75) is 41.8 Å². The van der Waals surface area contributed by atoms with Crippen molar-refractivity contribution in [2.75, 3.05) is 41.7 Å². The van der Waals surface area contributed by atoms with Crippen LogP contribution >= 0.6 is 8.98 Å². The number of nitrogens with zero attached hydrogens (tertiary/aromatic N) is 6. The van der Waals surface area contributed by atoms with E-state index in [4.69, 9.17) is 25.4 Å². The molecule has 2 unspecified atom stereocenters.